The van der Waals surface area contributed by atoms with Crippen molar-refractivity contribution in [3.63, 3.8) is 0 Å². The van der Waals surface area contributed by atoms with Crippen molar-refractivity contribution in [2.75, 3.05) is 0 Å². The molecule has 50 heavy (non-hydrogen) atoms. The summed E-state index contributed by atoms with van der Waals surface area (Å²) in [6, 6.07) is 32.6. The van der Waals surface area contributed by atoms with Gasteiger partial charge in [-0.05, 0) is 93.8 Å². The van der Waals surface area contributed by atoms with Crippen molar-refractivity contribution in [1.29, 1.82) is 0 Å². The van der Waals surface area contributed by atoms with Gasteiger partial charge in [-0.25, -0.2) is 4.98 Å². The summed E-state index contributed by atoms with van der Waals surface area (Å²) in [5.74, 6) is 0.287. The number of phenols is 1. The van der Waals surface area contributed by atoms with Crippen LogP contribution in [0.2, 0.25) is 0 Å². The molecule has 0 aliphatic rings. The number of aromatic nitrogens is 1. The van der Waals surface area contributed by atoms with Crippen LogP contribution in [0.15, 0.2) is 96.0 Å². The van der Waals surface area contributed by atoms with Gasteiger partial charge in [0.15, 0.2) is 0 Å². The average Bonchev–Trinajstić information content (AvgIpc) is 3.48. The summed E-state index contributed by atoms with van der Waals surface area (Å²) < 4.78 is 1.16. The summed E-state index contributed by atoms with van der Waals surface area (Å²) in [6.45, 7) is 24.1. The van der Waals surface area contributed by atoms with Gasteiger partial charge in [0, 0.05) is 28.5 Å². The van der Waals surface area contributed by atoms with Crippen LogP contribution in [-0.4, -0.2) is 16.3 Å². The lowest BCUT2D eigenvalue weighted by atomic mass is 9.79. The fourth-order valence-corrected chi connectivity index (χ4v) is 7.41. The van der Waals surface area contributed by atoms with Crippen molar-refractivity contribution in [3.05, 3.63) is 124 Å². The zero-order valence-electron chi connectivity index (χ0n) is 31.5. The first-order valence-corrected chi connectivity index (χ1v) is 18.4. The van der Waals surface area contributed by atoms with Gasteiger partial charge in [0.25, 0.3) is 0 Å². The Morgan fingerprint density at radius 1 is 0.640 bits per heavy atom. The lowest BCUT2D eigenvalue weighted by molar-refractivity contribution is 0.444. The Bertz CT molecular complexity index is 2230. The molecule has 1 N–H and O–H groups in total. The molecule has 0 radical (unpaired) electrons. The molecule has 4 heteroatoms. The van der Waals surface area contributed by atoms with Crippen LogP contribution in [0.25, 0.3) is 43.0 Å². The molecular formula is C46H50N2OS. The number of thiazole rings is 1. The number of hydrogen-bond acceptors (Lipinski definition) is 4. The number of phenolic OH excluding ortho intramolecular Hbond substituents is 1. The van der Waals surface area contributed by atoms with Crippen LogP contribution in [0.3, 0.4) is 0 Å². The number of aryl methyl sites for hydroxylation is 2. The Hall–Kier alpha value is -4.54. The number of nitrogens with zero attached hydrogens (tertiary/aromatic N) is 2. The number of para-hydroxylation sites is 1. The predicted molar refractivity (Wildman–Crippen MR) is 217 cm³/mol. The highest BCUT2D eigenvalue weighted by Gasteiger charge is 2.25. The third kappa shape index (κ3) is 7.18. The van der Waals surface area contributed by atoms with E-state index >= 15 is 0 Å². The van der Waals surface area contributed by atoms with E-state index < -0.39 is 0 Å². The van der Waals surface area contributed by atoms with Crippen LogP contribution in [0.5, 0.6) is 5.75 Å². The maximum atomic E-state index is 11.4. The lowest BCUT2D eigenvalue weighted by Crippen LogP contribution is -2.17. The summed E-state index contributed by atoms with van der Waals surface area (Å²) in [5.41, 5.74) is 13.9. The van der Waals surface area contributed by atoms with E-state index in [9.17, 15) is 5.11 Å². The van der Waals surface area contributed by atoms with Crippen LogP contribution in [0.4, 0.5) is 5.69 Å². The van der Waals surface area contributed by atoms with Crippen molar-refractivity contribution in [2.45, 2.75) is 92.4 Å². The van der Waals surface area contributed by atoms with E-state index in [2.05, 4.69) is 149 Å². The van der Waals surface area contributed by atoms with Crippen LogP contribution in [0.1, 0.15) is 95.7 Å². The second-order valence-corrected chi connectivity index (χ2v) is 17.8. The highest BCUT2D eigenvalue weighted by atomic mass is 32.1. The van der Waals surface area contributed by atoms with E-state index in [1.165, 1.54) is 33.4 Å². The molecule has 1 aromatic heterocycles. The van der Waals surface area contributed by atoms with Gasteiger partial charge >= 0.3 is 0 Å². The van der Waals surface area contributed by atoms with Gasteiger partial charge in [-0.2, -0.15) is 0 Å². The summed E-state index contributed by atoms with van der Waals surface area (Å²) in [4.78, 5) is 10.3. The molecular weight excluding hydrogens is 629 g/mol. The SMILES string of the molecule is Cc1ccc(C)c(-c2ccc(-c3cc(C(C)(C)C)cc4sc(-c5ccccc5N=Cc5cc(C(C)(C)C)cc(C(C)(C)C)c5O)nc34)cc2)c1. The van der Waals surface area contributed by atoms with E-state index in [-0.39, 0.29) is 22.0 Å². The smallest absolute Gasteiger partial charge is 0.128 e. The fraction of sp³-hybridized carbons (Fsp3) is 0.304. The van der Waals surface area contributed by atoms with E-state index in [1.807, 2.05) is 24.4 Å². The van der Waals surface area contributed by atoms with Crippen molar-refractivity contribution in [3.8, 4) is 38.6 Å². The number of rotatable bonds is 5. The highest BCUT2D eigenvalue weighted by molar-refractivity contribution is 7.21. The Kier molecular flexibility index (Phi) is 9.16. The topological polar surface area (TPSA) is 45.5 Å². The minimum atomic E-state index is -0.212. The zero-order chi connectivity index (χ0) is 36.2. The maximum Gasteiger partial charge on any atom is 0.128 e. The molecule has 0 unspecified atom stereocenters. The Balaban J connectivity index is 1.45. The van der Waals surface area contributed by atoms with Crippen LogP contribution in [-0.2, 0) is 16.2 Å². The molecule has 0 atom stereocenters. The Morgan fingerprint density at radius 2 is 1.26 bits per heavy atom. The van der Waals surface area contributed by atoms with Gasteiger partial charge in [0.2, 0.25) is 0 Å². The Labute approximate surface area is 302 Å². The van der Waals surface area contributed by atoms with Gasteiger partial charge in [0.05, 0.1) is 15.9 Å². The summed E-state index contributed by atoms with van der Waals surface area (Å²) in [5, 5.41) is 12.3. The van der Waals surface area contributed by atoms with Gasteiger partial charge < -0.3 is 5.11 Å². The van der Waals surface area contributed by atoms with Crippen LogP contribution >= 0.6 is 11.3 Å². The molecule has 0 spiro atoms. The predicted octanol–water partition coefficient (Wildman–Crippen LogP) is 13.3. The minimum Gasteiger partial charge on any atom is -0.507 e. The standard InChI is InChI=1S/C46H50N2OS/c1-28-16-17-29(2)36(22-28)30-18-20-31(21-19-30)37-24-34(45(6,7)8)26-40-41(37)48-43(50-40)35-14-12-13-15-39(35)47-27-32-23-33(44(3,4)5)25-38(42(32)49)46(9,10)11/h12-27,49H,1-11H3. The minimum absolute atomic E-state index is 0.0244. The molecule has 0 aliphatic heterocycles. The molecule has 0 bridgehead atoms. The van der Waals surface area contributed by atoms with Crippen molar-refractivity contribution < 1.29 is 5.11 Å². The number of benzene rings is 5. The second kappa shape index (κ2) is 13.0. The van der Waals surface area contributed by atoms with Gasteiger partial charge in [-0.1, -0.05) is 129 Å². The third-order valence-corrected chi connectivity index (χ3v) is 10.6. The van der Waals surface area contributed by atoms with Gasteiger partial charge in [0.1, 0.15) is 10.8 Å². The first kappa shape index (κ1) is 35.3. The van der Waals surface area contributed by atoms with Crippen LogP contribution in [0, 0.1) is 13.8 Å². The molecule has 0 saturated carbocycles. The quantitative estimate of drug-likeness (QED) is 0.184. The summed E-state index contributed by atoms with van der Waals surface area (Å²) in [7, 11) is 0. The summed E-state index contributed by atoms with van der Waals surface area (Å²) >= 11 is 1.71. The van der Waals surface area contributed by atoms with E-state index in [1.54, 1.807) is 11.3 Å². The number of aromatic hydroxyl groups is 1. The monoisotopic (exact) mass is 678 g/mol. The largest absolute Gasteiger partial charge is 0.507 e. The number of hydrogen-bond donors (Lipinski definition) is 1. The molecule has 0 saturated heterocycles. The normalized spacial score (nSPS) is 12.7. The second-order valence-electron chi connectivity index (χ2n) is 16.8. The van der Waals surface area contributed by atoms with Crippen LogP contribution < -0.4 is 0 Å². The molecule has 0 aliphatic carbocycles. The molecule has 3 nitrogen and oxygen atoms in total. The van der Waals surface area contributed by atoms with Crippen molar-refractivity contribution in [1.82, 2.24) is 4.98 Å². The molecule has 6 rings (SSSR count). The van der Waals surface area contributed by atoms with Crippen molar-refractivity contribution >= 4 is 33.5 Å². The van der Waals surface area contributed by atoms with E-state index in [0.717, 1.165) is 48.7 Å². The number of aliphatic imine (C=N–C) groups is 1. The first-order chi connectivity index (χ1) is 23.4. The molecule has 5 aromatic carbocycles. The van der Waals surface area contributed by atoms with E-state index in [4.69, 9.17) is 9.98 Å². The fourth-order valence-electron chi connectivity index (χ4n) is 6.34. The van der Waals surface area contributed by atoms with Crippen molar-refractivity contribution in [2.24, 2.45) is 4.99 Å². The Morgan fingerprint density at radius 3 is 1.90 bits per heavy atom. The average molecular weight is 679 g/mol. The van der Waals surface area contributed by atoms with E-state index in [0.29, 0.717) is 0 Å². The molecule has 6 aromatic rings. The molecule has 0 amide bonds. The lowest BCUT2D eigenvalue weighted by Gasteiger charge is -2.27. The molecule has 256 valence electrons. The molecule has 1 heterocycles. The first-order valence-electron chi connectivity index (χ1n) is 17.5. The molecule has 0 fully saturated rings. The zero-order valence-corrected chi connectivity index (χ0v) is 32.3. The maximum absolute atomic E-state index is 11.4. The highest BCUT2D eigenvalue weighted by Crippen LogP contribution is 2.43. The van der Waals surface area contributed by atoms with Gasteiger partial charge in [-0.15, -0.1) is 11.3 Å². The number of fused-ring (bicyclic) bond motifs is 1. The van der Waals surface area contributed by atoms with Gasteiger partial charge in [-0.3, -0.25) is 4.99 Å². The summed E-state index contributed by atoms with van der Waals surface area (Å²) in [6.07, 6.45) is 1.81. The third-order valence-electron chi connectivity index (χ3n) is 9.55.